The van der Waals surface area contributed by atoms with Gasteiger partial charge in [-0.25, -0.2) is 0 Å². The van der Waals surface area contributed by atoms with Crippen molar-refractivity contribution in [1.29, 1.82) is 0 Å². The summed E-state index contributed by atoms with van der Waals surface area (Å²) in [7, 11) is 0. The zero-order valence-corrected chi connectivity index (χ0v) is 10.7. The zero-order chi connectivity index (χ0) is 13.3. The molecule has 0 unspecified atom stereocenters. The van der Waals surface area contributed by atoms with Gasteiger partial charge in [-0.3, -0.25) is 0 Å². The van der Waals surface area contributed by atoms with Crippen LogP contribution in [0.4, 0.5) is 18.9 Å². The molecule has 0 aromatic heterocycles. The summed E-state index contributed by atoms with van der Waals surface area (Å²) in [6, 6.07) is 4.72. The van der Waals surface area contributed by atoms with Crippen LogP contribution < -0.4 is 4.90 Å². The van der Waals surface area contributed by atoms with Gasteiger partial charge in [-0.15, -0.1) is 0 Å². The fourth-order valence-corrected chi connectivity index (χ4v) is 2.81. The summed E-state index contributed by atoms with van der Waals surface area (Å²) in [4.78, 5) is 1.94. The van der Waals surface area contributed by atoms with Crippen LogP contribution in [0.15, 0.2) is 18.2 Å². The normalized spacial score (nSPS) is 15.3. The van der Waals surface area contributed by atoms with Gasteiger partial charge in [-0.2, -0.15) is 13.2 Å². The van der Waals surface area contributed by atoms with Crippen LogP contribution >= 0.6 is 0 Å². The molecule has 0 bridgehead atoms. The fourth-order valence-electron chi connectivity index (χ4n) is 2.81. The first-order valence-corrected chi connectivity index (χ1v) is 6.44. The van der Waals surface area contributed by atoms with Crippen molar-refractivity contribution in [3.63, 3.8) is 0 Å². The second kappa shape index (κ2) is 4.82. The van der Waals surface area contributed by atoms with E-state index in [1.807, 2.05) is 24.8 Å². The molecule has 0 amide bonds. The maximum atomic E-state index is 13.1. The Morgan fingerprint density at radius 2 is 1.89 bits per heavy atom. The molecule has 100 valence electrons. The average molecular weight is 257 g/mol. The third kappa shape index (κ3) is 2.20. The summed E-state index contributed by atoms with van der Waals surface area (Å²) in [5.74, 6) is 0. The van der Waals surface area contributed by atoms with E-state index in [0.717, 1.165) is 24.8 Å². The standard InChI is InChI=1S/C14H18F3N/c1-3-11(4-2)18-9-8-10-6-5-7-12(13(10)18)14(15,16)17/h5-7,11H,3-4,8-9H2,1-2H3. The van der Waals surface area contributed by atoms with E-state index < -0.39 is 11.7 Å². The molecule has 1 aromatic rings. The van der Waals surface area contributed by atoms with Crippen LogP contribution in [0.5, 0.6) is 0 Å². The van der Waals surface area contributed by atoms with Gasteiger partial charge in [0, 0.05) is 12.6 Å². The van der Waals surface area contributed by atoms with E-state index in [2.05, 4.69) is 0 Å². The van der Waals surface area contributed by atoms with Gasteiger partial charge < -0.3 is 4.90 Å². The lowest BCUT2D eigenvalue weighted by Gasteiger charge is -2.30. The summed E-state index contributed by atoms with van der Waals surface area (Å²) >= 11 is 0. The minimum Gasteiger partial charge on any atom is -0.368 e. The van der Waals surface area contributed by atoms with Crippen molar-refractivity contribution in [2.45, 2.75) is 45.3 Å². The molecule has 0 radical (unpaired) electrons. The molecule has 0 atom stereocenters. The van der Waals surface area contributed by atoms with Crippen LogP contribution in [0.3, 0.4) is 0 Å². The van der Waals surface area contributed by atoms with Crippen LogP contribution in [0, 0.1) is 0 Å². The number of anilines is 1. The molecular formula is C14H18F3N. The molecule has 0 aliphatic carbocycles. The van der Waals surface area contributed by atoms with Gasteiger partial charge >= 0.3 is 6.18 Å². The van der Waals surface area contributed by atoms with Gasteiger partial charge in [0.25, 0.3) is 0 Å². The Kier molecular flexibility index (Phi) is 3.55. The van der Waals surface area contributed by atoms with E-state index in [4.69, 9.17) is 0 Å². The number of nitrogens with zero attached hydrogens (tertiary/aromatic N) is 1. The minimum atomic E-state index is -4.26. The SMILES string of the molecule is CCC(CC)N1CCc2cccc(C(F)(F)F)c21. The van der Waals surface area contributed by atoms with Gasteiger partial charge in [0.15, 0.2) is 0 Å². The van der Waals surface area contributed by atoms with Crippen molar-refractivity contribution < 1.29 is 13.2 Å². The summed E-state index contributed by atoms with van der Waals surface area (Å²) in [5, 5.41) is 0. The predicted octanol–water partition coefficient (Wildman–Crippen LogP) is 4.26. The number of hydrogen-bond donors (Lipinski definition) is 0. The highest BCUT2D eigenvalue weighted by molar-refractivity contribution is 5.65. The smallest absolute Gasteiger partial charge is 0.368 e. The molecule has 0 saturated heterocycles. The predicted molar refractivity (Wildman–Crippen MR) is 66.9 cm³/mol. The third-order valence-corrected chi connectivity index (χ3v) is 3.72. The second-order valence-electron chi connectivity index (χ2n) is 4.72. The number of fused-ring (bicyclic) bond motifs is 1. The third-order valence-electron chi connectivity index (χ3n) is 3.72. The molecule has 1 aliphatic rings. The lowest BCUT2D eigenvalue weighted by molar-refractivity contribution is -0.137. The van der Waals surface area contributed by atoms with Gasteiger partial charge in [-0.1, -0.05) is 26.0 Å². The lowest BCUT2D eigenvalue weighted by Crippen LogP contribution is -2.34. The quantitative estimate of drug-likeness (QED) is 0.782. The van der Waals surface area contributed by atoms with Crippen LogP contribution in [0.1, 0.15) is 37.8 Å². The molecule has 1 heterocycles. The highest BCUT2D eigenvalue weighted by Gasteiger charge is 2.38. The molecule has 0 spiro atoms. The van der Waals surface area contributed by atoms with Crippen molar-refractivity contribution in [3.8, 4) is 0 Å². The molecule has 18 heavy (non-hydrogen) atoms. The van der Waals surface area contributed by atoms with E-state index in [-0.39, 0.29) is 6.04 Å². The van der Waals surface area contributed by atoms with Crippen molar-refractivity contribution in [3.05, 3.63) is 29.3 Å². The number of halogens is 3. The van der Waals surface area contributed by atoms with Crippen LogP contribution in [-0.2, 0) is 12.6 Å². The minimum absolute atomic E-state index is 0.203. The summed E-state index contributed by atoms with van der Waals surface area (Å²) in [6.07, 6.45) is -1.79. The maximum Gasteiger partial charge on any atom is 0.418 e. The summed E-state index contributed by atoms with van der Waals surface area (Å²) in [6.45, 7) is 4.76. The summed E-state index contributed by atoms with van der Waals surface area (Å²) < 4.78 is 39.2. The topological polar surface area (TPSA) is 3.24 Å². The van der Waals surface area contributed by atoms with E-state index in [1.54, 1.807) is 0 Å². The number of rotatable bonds is 3. The highest BCUT2D eigenvalue weighted by atomic mass is 19.4. The monoisotopic (exact) mass is 257 g/mol. The zero-order valence-electron chi connectivity index (χ0n) is 10.7. The second-order valence-corrected chi connectivity index (χ2v) is 4.72. The number of hydrogen-bond acceptors (Lipinski definition) is 1. The molecule has 0 N–H and O–H groups in total. The largest absolute Gasteiger partial charge is 0.418 e. The molecule has 4 heteroatoms. The lowest BCUT2D eigenvalue weighted by atomic mass is 10.0. The molecule has 1 nitrogen and oxygen atoms in total. The Balaban J connectivity index is 2.47. The summed E-state index contributed by atoms with van der Waals surface area (Å²) in [5.41, 5.74) is 0.764. The first kappa shape index (κ1) is 13.2. The number of benzene rings is 1. The van der Waals surface area contributed by atoms with Gasteiger partial charge in [0.2, 0.25) is 0 Å². The van der Waals surface area contributed by atoms with E-state index in [0.29, 0.717) is 12.2 Å². The Labute approximate surface area is 106 Å². The Morgan fingerprint density at radius 1 is 1.22 bits per heavy atom. The van der Waals surface area contributed by atoms with Gasteiger partial charge in [0.1, 0.15) is 0 Å². The molecule has 0 saturated carbocycles. The maximum absolute atomic E-state index is 13.1. The average Bonchev–Trinajstić information content (AvgIpc) is 2.73. The Bertz CT molecular complexity index is 422. The van der Waals surface area contributed by atoms with Gasteiger partial charge in [-0.05, 0) is 30.9 Å². The Hall–Kier alpha value is -1.19. The first-order chi connectivity index (χ1) is 8.49. The number of alkyl halides is 3. The highest BCUT2D eigenvalue weighted by Crippen LogP contribution is 2.42. The van der Waals surface area contributed by atoms with E-state index in [9.17, 15) is 13.2 Å². The first-order valence-electron chi connectivity index (χ1n) is 6.44. The van der Waals surface area contributed by atoms with E-state index >= 15 is 0 Å². The fraction of sp³-hybridized carbons (Fsp3) is 0.571. The molecule has 1 aliphatic heterocycles. The Morgan fingerprint density at radius 3 is 2.44 bits per heavy atom. The van der Waals surface area contributed by atoms with Crippen LogP contribution in [0.2, 0.25) is 0 Å². The molecule has 0 fully saturated rings. The van der Waals surface area contributed by atoms with Crippen molar-refractivity contribution in [2.24, 2.45) is 0 Å². The van der Waals surface area contributed by atoms with E-state index in [1.165, 1.54) is 12.1 Å². The van der Waals surface area contributed by atoms with Crippen molar-refractivity contribution in [1.82, 2.24) is 0 Å². The van der Waals surface area contributed by atoms with Crippen molar-refractivity contribution in [2.75, 3.05) is 11.4 Å². The molecule has 2 rings (SSSR count). The molecule has 1 aromatic carbocycles. The number of para-hydroxylation sites is 1. The van der Waals surface area contributed by atoms with Gasteiger partial charge in [0.05, 0.1) is 11.3 Å². The van der Waals surface area contributed by atoms with Crippen LogP contribution in [-0.4, -0.2) is 12.6 Å². The van der Waals surface area contributed by atoms with Crippen molar-refractivity contribution >= 4 is 5.69 Å². The van der Waals surface area contributed by atoms with Crippen LogP contribution in [0.25, 0.3) is 0 Å². The molecular weight excluding hydrogens is 239 g/mol.